The third kappa shape index (κ3) is 3.46. The Kier molecular flexibility index (Phi) is 5.48. The van der Waals surface area contributed by atoms with E-state index in [9.17, 15) is 0 Å². The van der Waals surface area contributed by atoms with Gasteiger partial charge in [0, 0.05) is 18.8 Å². The quantitative estimate of drug-likeness (QED) is 0.792. The number of anilines is 2. The van der Waals surface area contributed by atoms with E-state index in [0.717, 1.165) is 22.9 Å². The molecule has 0 aliphatic rings. The Labute approximate surface area is 108 Å². The van der Waals surface area contributed by atoms with E-state index in [1.807, 2.05) is 36.9 Å². The van der Waals surface area contributed by atoms with E-state index >= 15 is 0 Å². The second kappa shape index (κ2) is 6.64. The molecule has 0 radical (unpaired) electrons. The zero-order chi connectivity index (χ0) is 12.8. The minimum atomic E-state index is 0.448. The van der Waals surface area contributed by atoms with Crippen LogP contribution in [-0.2, 0) is 0 Å². The van der Waals surface area contributed by atoms with E-state index in [1.54, 1.807) is 0 Å². The number of nitrogens with two attached hydrogens (primary N) is 1. The van der Waals surface area contributed by atoms with Crippen molar-refractivity contribution in [1.82, 2.24) is 0 Å². The van der Waals surface area contributed by atoms with Crippen LogP contribution in [0.3, 0.4) is 0 Å². The second-order valence-corrected chi connectivity index (χ2v) is 4.95. The van der Waals surface area contributed by atoms with Crippen LogP contribution < -0.4 is 15.4 Å². The Bertz CT molecular complexity index is 357. The number of rotatable bonds is 6. The summed E-state index contributed by atoms with van der Waals surface area (Å²) in [6, 6.07) is 6.38. The van der Waals surface area contributed by atoms with Gasteiger partial charge in [-0.3, -0.25) is 0 Å². The highest BCUT2D eigenvalue weighted by Gasteiger charge is 2.14. The molecule has 0 aliphatic carbocycles. The lowest BCUT2D eigenvalue weighted by Gasteiger charge is -2.28. The van der Waals surface area contributed by atoms with Gasteiger partial charge in [0.25, 0.3) is 0 Å². The number of benzene rings is 1. The molecule has 0 aliphatic heterocycles. The number of nitrogens with zero attached hydrogens (tertiary/aromatic N) is 1. The van der Waals surface area contributed by atoms with Crippen LogP contribution in [0.15, 0.2) is 18.2 Å². The average molecular weight is 254 g/mol. The molecule has 0 spiro atoms. The summed E-state index contributed by atoms with van der Waals surface area (Å²) in [6.45, 7) is 4.80. The van der Waals surface area contributed by atoms with E-state index in [2.05, 4.69) is 25.1 Å². The second-order valence-electron chi connectivity index (χ2n) is 4.04. The zero-order valence-electron chi connectivity index (χ0n) is 11.1. The molecule has 17 heavy (non-hydrogen) atoms. The van der Waals surface area contributed by atoms with Gasteiger partial charge in [0.15, 0.2) is 0 Å². The normalized spacial score (nSPS) is 12.2. The molecule has 1 aromatic carbocycles. The Morgan fingerprint density at radius 1 is 1.47 bits per heavy atom. The highest BCUT2D eigenvalue weighted by Crippen LogP contribution is 2.32. The summed E-state index contributed by atoms with van der Waals surface area (Å²) >= 11 is 1.84. The van der Waals surface area contributed by atoms with Crippen LogP contribution in [0.2, 0.25) is 0 Å². The molecule has 0 saturated heterocycles. The fraction of sp³-hybridized carbons (Fsp3) is 0.538. The van der Waals surface area contributed by atoms with Crippen molar-refractivity contribution in [3.05, 3.63) is 18.2 Å². The predicted octanol–water partition coefficient (Wildman–Crippen LogP) is 2.86. The Hall–Kier alpha value is -1.03. The first-order valence-electron chi connectivity index (χ1n) is 5.84. The van der Waals surface area contributed by atoms with E-state index in [4.69, 9.17) is 10.5 Å². The maximum absolute atomic E-state index is 6.13. The zero-order valence-corrected chi connectivity index (χ0v) is 11.9. The van der Waals surface area contributed by atoms with E-state index in [-0.39, 0.29) is 0 Å². The molecule has 0 heterocycles. The maximum atomic E-state index is 6.13. The minimum Gasteiger partial charge on any atom is -0.492 e. The van der Waals surface area contributed by atoms with Crippen LogP contribution >= 0.6 is 11.8 Å². The molecule has 0 aromatic heterocycles. The van der Waals surface area contributed by atoms with Gasteiger partial charge in [-0.2, -0.15) is 11.8 Å². The van der Waals surface area contributed by atoms with Crippen LogP contribution in [0, 0.1) is 0 Å². The van der Waals surface area contributed by atoms with Crippen molar-refractivity contribution in [1.29, 1.82) is 0 Å². The lowest BCUT2D eigenvalue weighted by Crippen LogP contribution is -2.31. The first-order chi connectivity index (χ1) is 8.11. The fourth-order valence-electron chi connectivity index (χ4n) is 1.71. The smallest absolute Gasteiger partial charge is 0.144 e. The Morgan fingerprint density at radius 2 is 2.18 bits per heavy atom. The first kappa shape index (κ1) is 14.0. The van der Waals surface area contributed by atoms with Crippen LogP contribution in [0.4, 0.5) is 11.4 Å². The molecular weight excluding hydrogens is 232 g/mol. The average Bonchev–Trinajstić information content (AvgIpc) is 2.31. The first-order valence-corrected chi connectivity index (χ1v) is 7.24. The molecule has 4 heteroatoms. The molecule has 1 aromatic rings. The molecule has 0 amide bonds. The van der Waals surface area contributed by atoms with Crippen LogP contribution in [0.25, 0.3) is 0 Å². The minimum absolute atomic E-state index is 0.448. The van der Waals surface area contributed by atoms with Crippen molar-refractivity contribution >= 4 is 23.1 Å². The van der Waals surface area contributed by atoms with Gasteiger partial charge >= 0.3 is 0 Å². The molecule has 2 N–H and O–H groups in total. The van der Waals surface area contributed by atoms with Gasteiger partial charge in [-0.15, -0.1) is 0 Å². The van der Waals surface area contributed by atoms with Crippen molar-refractivity contribution < 1.29 is 4.74 Å². The van der Waals surface area contributed by atoms with Gasteiger partial charge in [-0.05, 0) is 32.2 Å². The van der Waals surface area contributed by atoms with Gasteiger partial charge in [0.2, 0.25) is 0 Å². The highest BCUT2D eigenvalue weighted by molar-refractivity contribution is 7.98. The highest BCUT2D eigenvalue weighted by atomic mass is 32.2. The molecule has 3 nitrogen and oxygen atoms in total. The molecule has 1 unspecified atom stereocenters. The van der Waals surface area contributed by atoms with Gasteiger partial charge < -0.3 is 15.4 Å². The van der Waals surface area contributed by atoms with Gasteiger partial charge in [-0.25, -0.2) is 0 Å². The number of thioether (sulfide) groups is 1. The van der Waals surface area contributed by atoms with Crippen molar-refractivity contribution in [2.45, 2.75) is 19.9 Å². The third-order valence-electron chi connectivity index (χ3n) is 2.79. The Balaban J connectivity index is 2.93. The summed E-state index contributed by atoms with van der Waals surface area (Å²) < 4.78 is 5.51. The van der Waals surface area contributed by atoms with E-state index in [0.29, 0.717) is 12.6 Å². The third-order valence-corrected chi connectivity index (χ3v) is 3.61. The van der Waals surface area contributed by atoms with Crippen LogP contribution in [-0.4, -0.2) is 31.7 Å². The summed E-state index contributed by atoms with van der Waals surface area (Å²) in [5, 5.41) is 0. The van der Waals surface area contributed by atoms with Crippen LogP contribution in [0.5, 0.6) is 5.75 Å². The predicted molar refractivity (Wildman–Crippen MR) is 78.3 cm³/mol. The SMILES string of the molecule is CCOc1cccc(N(C)C(C)CSC)c1N. The number of hydrogen-bond acceptors (Lipinski definition) is 4. The van der Waals surface area contributed by atoms with Gasteiger partial charge in [-0.1, -0.05) is 6.07 Å². The maximum Gasteiger partial charge on any atom is 0.144 e. The molecular formula is C13H22N2OS. The number of hydrogen-bond donors (Lipinski definition) is 1. The van der Waals surface area contributed by atoms with Crippen molar-refractivity contribution in [3.63, 3.8) is 0 Å². The van der Waals surface area contributed by atoms with E-state index < -0.39 is 0 Å². The summed E-state index contributed by atoms with van der Waals surface area (Å²) in [5.41, 5.74) is 7.90. The summed E-state index contributed by atoms with van der Waals surface area (Å²) in [6.07, 6.45) is 2.12. The Morgan fingerprint density at radius 3 is 2.76 bits per heavy atom. The molecule has 0 fully saturated rings. The van der Waals surface area contributed by atoms with Crippen molar-refractivity contribution in [3.8, 4) is 5.75 Å². The van der Waals surface area contributed by atoms with E-state index in [1.165, 1.54) is 0 Å². The molecule has 1 rings (SSSR count). The summed E-state index contributed by atoms with van der Waals surface area (Å²) in [5.74, 6) is 1.85. The standard InChI is InChI=1S/C13H22N2OS/c1-5-16-12-8-6-7-11(13(12)14)15(3)10(2)9-17-4/h6-8,10H,5,9,14H2,1-4H3. The monoisotopic (exact) mass is 254 g/mol. The van der Waals surface area contributed by atoms with Gasteiger partial charge in [0.05, 0.1) is 18.0 Å². The van der Waals surface area contributed by atoms with Gasteiger partial charge in [0.1, 0.15) is 5.75 Å². The molecule has 0 saturated carbocycles. The van der Waals surface area contributed by atoms with Crippen molar-refractivity contribution in [2.75, 3.05) is 36.3 Å². The number of para-hydroxylation sites is 1. The lowest BCUT2D eigenvalue weighted by molar-refractivity contribution is 0.342. The molecule has 0 bridgehead atoms. The summed E-state index contributed by atoms with van der Waals surface area (Å²) in [4.78, 5) is 2.20. The lowest BCUT2D eigenvalue weighted by atomic mass is 10.2. The topological polar surface area (TPSA) is 38.5 Å². The number of nitrogen functional groups attached to an aromatic ring is 1. The van der Waals surface area contributed by atoms with Crippen LogP contribution in [0.1, 0.15) is 13.8 Å². The summed E-state index contributed by atoms with van der Waals surface area (Å²) in [7, 11) is 2.07. The fourth-order valence-corrected chi connectivity index (χ4v) is 2.42. The molecule has 1 atom stereocenters. The number of ether oxygens (including phenoxy) is 1. The molecule has 96 valence electrons. The largest absolute Gasteiger partial charge is 0.492 e. The van der Waals surface area contributed by atoms with Crippen molar-refractivity contribution in [2.24, 2.45) is 0 Å².